The van der Waals surface area contributed by atoms with Crippen LogP contribution in [0.25, 0.3) is 33.1 Å². The molecule has 172 valence electrons. The lowest BCUT2D eigenvalue weighted by Gasteiger charge is -2.14. The molecule has 0 unspecified atom stereocenters. The second-order valence-corrected chi connectivity index (χ2v) is 7.75. The van der Waals surface area contributed by atoms with Crippen LogP contribution in [0.15, 0.2) is 99.2 Å². The first-order chi connectivity index (χ1) is 17.0. The third-order valence-corrected chi connectivity index (χ3v) is 5.53. The van der Waals surface area contributed by atoms with Crippen LogP contribution < -0.4 is 10.9 Å². The van der Waals surface area contributed by atoms with Gasteiger partial charge in [-0.3, -0.25) is 19.7 Å². The predicted octanol–water partition coefficient (Wildman–Crippen LogP) is 4.47. The van der Waals surface area contributed by atoms with E-state index >= 15 is 0 Å². The summed E-state index contributed by atoms with van der Waals surface area (Å²) in [6.07, 6.45) is 1.35. The van der Waals surface area contributed by atoms with Gasteiger partial charge in [0.25, 0.3) is 11.6 Å². The summed E-state index contributed by atoms with van der Waals surface area (Å²) in [7, 11) is 0. The number of furan rings is 1. The van der Waals surface area contributed by atoms with Crippen molar-refractivity contribution in [2.75, 3.05) is 0 Å². The number of hydrazone groups is 1. The minimum absolute atomic E-state index is 0.0380. The first kappa shape index (κ1) is 21.8. The van der Waals surface area contributed by atoms with Crippen LogP contribution in [-0.4, -0.2) is 21.6 Å². The Kier molecular flexibility index (Phi) is 5.64. The van der Waals surface area contributed by atoms with E-state index in [-0.39, 0.29) is 23.6 Å². The fourth-order valence-electron chi connectivity index (χ4n) is 3.94. The van der Waals surface area contributed by atoms with E-state index in [9.17, 15) is 19.7 Å². The number of rotatable bonds is 6. The van der Waals surface area contributed by atoms with Crippen molar-refractivity contribution in [3.63, 3.8) is 0 Å². The number of para-hydroxylation sites is 2. The molecule has 9 heteroatoms. The van der Waals surface area contributed by atoms with Crippen molar-refractivity contribution >= 4 is 39.6 Å². The summed E-state index contributed by atoms with van der Waals surface area (Å²) in [4.78, 5) is 36.0. The number of aromatic nitrogens is 1. The largest absolute Gasteiger partial charge is 0.455 e. The van der Waals surface area contributed by atoms with Crippen molar-refractivity contribution in [2.24, 2.45) is 5.10 Å². The van der Waals surface area contributed by atoms with Gasteiger partial charge in [-0.05, 0) is 36.4 Å². The molecule has 2 aromatic heterocycles. The minimum atomic E-state index is -0.473. The maximum absolute atomic E-state index is 12.8. The van der Waals surface area contributed by atoms with E-state index in [4.69, 9.17) is 4.42 Å². The maximum atomic E-state index is 12.8. The van der Waals surface area contributed by atoms with E-state index in [1.54, 1.807) is 65.2 Å². The van der Waals surface area contributed by atoms with Gasteiger partial charge in [0.1, 0.15) is 18.1 Å². The van der Waals surface area contributed by atoms with Crippen LogP contribution in [0, 0.1) is 10.1 Å². The third-order valence-electron chi connectivity index (χ3n) is 5.53. The molecule has 0 saturated heterocycles. The molecule has 0 aliphatic rings. The monoisotopic (exact) mass is 466 g/mol. The molecular formula is C26H18N4O5. The lowest BCUT2D eigenvalue weighted by atomic mass is 10.1. The topological polar surface area (TPSA) is 120 Å². The zero-order valence-corrected chi connectivity index (χ0v) is 18.3. The molecule has 0 aliphatic carbocycles. The van der Waals surface area contributed by atoms with Crippen LogP contribution in [0.3, 0.4) is 0 Å². The Morgan fingerprint density at radius 2 is 1.66 bits per heavy atom. The van der Waals surface area contributed by atoms with Gasteiger partial charge in [-0.25, -0.2) is 5.43 Å². The van der Waals surface area contributed by atoms with Crippen LogP contribution in [0.2, 0.25) is 0 Å². The Morgan fingerprint density at radius 1 is 0.971 bits per heavy atom. The smallest absolute Gasteiger partial charge is 0.270 e. The minimum Gasteiger partial charge on any atom is -0.455 e. The van der Waals surface area contributed by atoms with Gasteiger partial charge < -0.3 is 8.98 Å². The first-order valence-electron chi connectivity index (χ1n) is 10.7. The standard InChI is InChI=1S/C26H18N4O5/c31-25(16-29-22-10-3-1-8-20(22)26(32)21-9-2-4-11-23(21)29)28-27-15-19-12-13-24(35-19)17-6-5-7-18(14-17)30(33)34/h1-15H,16H2,(H,28,31). The van der Waals surface area contributed by atoms with Gasteiger partial charge in [-0.1, -0.05) is 36.4 Å². The van der Waals surface area contributed by atoms with Crippen LogP contribution >= 0.6 is 0 Å². The molecule has 1 N–H and O–H groups in total. The average molecular weight is 466 g/mol. The molecule has 9 nitrogen and oxygen atoms in total. The van der Waals surface area contributed by atoms with E-state index in [1.165, 1.54) is 18.3 Å². The molecule has 35 heavy (non-hydrogen) atoms. The number of nitro groups is 1. The van der Waals surface area contributed by atoms with Gasteiger partial charge in [-0.15, -0.1) is 0 Å². The van der Waals surface area contributed by atoms with Crippen LogP contribution in [0.1, 0.15) is 5.76 Å². The lowest BCUT2D eigenvalue weighted by molar-refractivity contribution is -0.384. The molecule has 0 fully saturated rings. The number of hydrogen-bond acceptors (Lipinski definition) is 6. The molecule has 0 spiro atoms. The number of non-ortho nitro benzene ring substituents is 1. The highest BCUT2D eigenvalue weighted by molar-refractivity contribution is 5.95. The van der Waals surface area contributed by atoms with Crippen molar-refractivity contribution in [3.05, 3.63) is 111 Å². The van der Waals surface area contributed by atoms with E-state index in [2.05, 4.69) is 10.5 Å². The second kappa shape index (κ2) is 9.06. The van der Waals surface area contributed by atoms with E-state index in [0.29, 0.717) is 38.9 Å². The first-order valence-corrected chi connectivity index (χ1v) is 10.7. The molecule has 3 aromatic carbocycles. The normalized spacial score (nSPS) is 11.3. The summed E-state index contributed by atoms with van der Waals surface area (Å²) in [6, 6.07) is 23.7. The summed E-state index contributed by atoms with van der Waals surface area (Å²) in [6.45, 7) is -0.0459. The van der Waals surface area contributed by atoms with Crippen LogP contribution in [-0.2, 0) is 11.3 Å². The van der Waals surface area contributed by atoms with E-state index in [0.717, 1.165) is 0 Å². The summed E-state index contributed by atoms with van der Waals surface area (Å²) in [5.74, 6) is 0.421. The Bertz CT molecular complexity index is 1620. The van der Waals surface area contributed by atoms with Gasteiger partial charge >= 0.3 is 0 Å². The third kappa shape index (κ3) is 4.30. The van der Waals surface area contributed by atoms with Gasteiger partial charge in [0.05, 0.1) is 22.2 Å². The number of hydrogen-bond donors (Lipinski definition) is 1. The number of nitrogens with one attached hydrogen (secondary N) is 1. The summed E-state index contributed by atoms with van der Waals surface area (Å²) < 4.78 is 7.45. The van der Waals surface area contributed by atoms with E-state index in [1.807, 2.05) is 12.1 Å². The molecule has 0 saturated carbocycles. The SMILES string of the molecule is O=C(Cn1c2ccccc2c(=O)c2ccccc21)NN=Cc1ccc(-c2cccc([N+](=O)[O-])c2)o1. The number of carbonyl (C=O) groups excluding carboxylic acids is 1. The van der Waals surface area contributed by atoms with Gasteiger partial charge in [0, 0.05) is 28.5 Å². The Hall–Kier alpha value is -5.05. The van der Waals surface area contributed by atoms with Crippen molar-refractivity contribution in [1.29, 1.82) is 0 Å². The molecular weight excluding hydrogens is 448 g/mol. The Morgan fingerprint density at radius 3 is 2.34 bits per heavy atom. The molecule has 0 atom stereocenters. The predicted molar refractivity (Wildman–Crippen MR) is 132 cm³/mol. The molecule has 0 bridgehead atoms. The zero-order chi connectivity index (χ0) is 24.4. The van der Waals surface area contributed by atoms with Gasteiger partial charge in [-0.2, -0.15) is 5.10 Å². The van der Waals surface area contributed by atoms with E-state index < -0.39 is 4.92 Å². The molecule has 5 rings (SSSR count). The highest BCUT2D eigenvalue weighted by atomic mass is 16.6. The molecule has 1 amide bonds. The van der Waals surface area contributed by atoms with Gasteiger partial charge in [0.2, 0.25) is 0 Å². The summed E-state index contributed by atoms with van der Waals surface area (Å²) in [5.41, 5.74) is 4.23. The summed E-state index contributed by atoms with van der Waals surface area (Å²) >= 11 is 0. The number of benzene rings is 3. The zero-order valence-electron chi connectivity index (χ0n) is 18.3. The Balaban J connectivity index is 1.35. The van der Waals surface area contributed by atoms with Crippen molar-refractivity contribution in [2.45, 2.75) is 6.54 Å². The van der Waals surface area contributed by atoms with Crippen molar-refractivity contribution in [1.82, 2.24) is 9.99 Å². The second-order valence-electron chi connectivity index (χ2n) is 7.75. The fraction of sp³-hybridized carbons (Fsp3) is 0.0385. The lowest BCUT2D eigenvalue weighted by Crippen LogP contribution is -2.25. The highest BCUT2D eigenvalue weighted by Gasteiger charge is 2.13. The van der Waals surface area contributed by atoms with Crippen molar-refractivity contribution < 1.29 is 14.1 Å². The van der Waals surface area contributed by atoms with Crippen LogP contribution in [0.5, 0.6) is 0 Å². The molecule has 0 aliphatic heterocycles. The number of pyridine rings is 1. The Labute approximate surface area is 198 Å². The number of nitro benzene ring substituents is 1. The molecule has 0 radical (unpaired) electrons. The summed E-state index contributed by atoms with van der Waals surface area (Å²) in [5, 5.41) is 16.0. The quantitative estimate of drug-likeness (QED) is 0.171. The highest BCUT2D eigenvalue weighted by Crippen LogP contribution is 2.25. The number of nitrogens with zero attached hydrogens (tertiary/aromatic N) is 3. The molecule has 5 aromatic rings. The average Bonchev–Trinajstić information content (AvgIpc) is 3.35. The van der Waals surface area contributed by atoms with Crippen LogP contribution in [0.4, 0.5) is 5.69 Å². The number of fused-ring (bicyclic) bond motifs is 2. The number of carbonyl (C=O) groups is 1. The molecule has 2 heterocycles. The van der Waals surface area contributed by atoms with Gasteiger partial charge in [0.15, 0.2) is 5.43 Å². The van der Waals surface area contributed by atoms with Crippen molar-refractivity contribution in [3.8, 4) is 11.3 Å². The number of amides is 1. The fourth-order valence-corrected chi connectivity index (χ4v) is 3.94. The maximum Gasteiger partial charge on any atom is 0.270 e.